The Balaban J connectivity index is 1.71. The number of carbonyl (C=O) groups is 1. The highest BCUT2D eigenvalue weighted by molar-refractivity contribution is 7.80. The average Bonchev–Trinajstić information content (AvgIpc) is 3.17. The molecule has 0 spiro atoms. The Bertz CT molecular complexity index is 801. The number of aromatic nitrogens is 1. The predicted molar refractivity (Wildman–Crippen MR) is 105 cm³/mol. The highest BCUT2D eigenvalue weighted by Crippen LogP contribution is 2.35. The first kappa shape index (κ1) is 18.9. The molecule has 0 saturated heterocycles. The Morgan fingerprint density at radius 3 is 2.81 bits per heavy atom. The van der Waals surface area contributed by atoms with E-state index in [2.05, 4.69) is 15.0 Å². The standard InChI is InChI=1S/C19H21N3O4S/c1-24-18(23)3-2-8-21-19(27)22(12-14-6-9-20-10-7-14)15-4-5-16-17(11-15)26-13-25-16/h4-7,9-11H,2-3,8,12-13H2,1H3,(H,21,27). The van der Waals surface area contributed by atoms with Crippen molar-refractivity contribution in [1.82, 2.24) is 10.3 Å². The molecule has 2 aromatic rings. The van der Waals surface area contributed by atoms with Crippen molar-refractivity contribution < 1.29 is 19.0 Å². The van der Waals surface area contributed by atoms with Crippen LogP contribution in [0.1, 0.15) is 18.4 Å². The van der Waals surface area contributed by atoms with E-state index in [1.807, 2.05) is 35.2 Å². The van der Waals surface area contributed by atoms with Crippen molar-refractivity contribution in [2.45, 2.75) is 19.4 Å². The van der Waals surface area contributed by atoms with Gasteiger partial charge in [-0.2, -0.15) is 0 Å². The number of ether oxygens (including phenoxy) is 3. The Morgan fingerprint density at radius 2 is 2.04 bits per heavy atom. The van der Waals surface area contributed by atoms with E-state index in [0.717, 1.165) is 17.0 Å². The van der Waals surface area contributed by atoms with Gasteiger partial charge in [0.15, 0.2) is 16.6 Å². The molecule has 2 heterocycles. The lowest BCUT2D eigenvalue weighted by Gasteiger charge is -2.26. The Kier molecular flexibility index (Phi) is 6.43. The van der Waals surface area contributed by atoms with Crippen molar-refractivity contribution in [1.29, 1.82) is 0 Å². The number of nitrogens with one attached hydrogen (secondary N) is 1. The fourth-order valence-electron chi connectivity index (χ4n) is 2.63. The lowest BCUT2D eigenvalue weighted by Crippen LogP contribution is -2.40. The van der Waals surface area contributed by atoms with Gasteiger partial charge < -0.3 is 24.4 Å². The van der Waals surface area contributed by atoms with Gasteiger partial charge in [0, 0.05) is 37.1 Å². The van der Waals surface area contributed by atoms with Crippen LogP contribution in [0.3, 0.4) is 0 Å². The quantitative estimate of drug-likeness (QED) is 0.442. The summed E-state index contributed by atoms with van der Waals surface area (Å²) in [5.41, 5.74) is 1.96. The summed E-state index contributed by atoms with van der Waals surface area (Å²) in [7, 11) is 1.39. The third-order valence-corrected chi connectivity index (χ3v) is 4.43. The molecule has 0 bridgehead atoms. The lowest BCUT2D eigenvalue weighted by atomic mass is 10.2. The monoisotopic (exact) mass is 387 g/mol. The molecule has 142 valence electrons. The van der Waals surface area contributed by atoms with Crippen LogP contribution in [-0.4, -0.2) is 36.5 Å². The zero-order valence-electron chi connectivity index (χ0n) is 15.0. The topological polar surface area (TPSA) is 72.9 Å². The summed E-state index contributed by atoms with van der Waals surface area (Å²) < 4.78 is 15.5. The molecular formula is C19H21N3O4S. The van der Waals surface area contributed by atoms with E-state index < -0.39 is 0 Å². The van der Waals surface area contributed by atoms with Crippen molar-refractivity contribution in [2.24, 2.45) is 0 Å². The van der Waals surface area contributed by atoms with E-state index in [9.17, 15) is 4.79 Å². The average molecular weight is 387 g/mol. The van der Waals surface area contributed by atoms with E-state index >= 15 is 0 Å². The first-order valence-electron chi connectivity index (χ1n) is 8.58. The lowest BCUT2D eigenvalue weighted by molar-refractivity contribution is -0.140. The minimum Gasteiger partial charge on any atom is -0.469 e. The maximum absolute atomic E-state index is 11.2. The summed E-state index contributed by atoms with van der Waals surface area (Å²) in [6.07, 6.45) is 4.48. The molecule has 7 nitrogen and oxygen atoms in total. The van der Waals surface area contributed by atoms with Gasteiger partial charge in [-0.3, -0.25) is 9.78 Å². The van der Waals surface area contributed by atoms with Gasteiger partial charge in [0.05, 0.1) is 13.7 Å². The van der Waals surface area contributed by atoms with Gasteiger partial charge in [0.25, 0.3) is 0 Å². The van der Waals surface area contributed by atoms with Gasteiger partial charge >= 0.3 is 5.97 Å². The van der Waals surface area contributed by atoms with Gasteiger partial charge in [-0.05, 0) is 48.5 Å². The van der Waals surface area contributed by atoms with Gasteiger partial charge in [0.2, 0.25) is 6.79 Å². The fraction of sp³-hybridized carbons (Fsp3) is 0.316. The van der Waals surface area contributed by atoms with Crippen LogP contribution in [0, 0.1) is 0 Å². The highest BCUT2D eigenvalue weighted by atomic mass is 32.1. The number of rotatable bonds is 7. The second-order valence-electron chi connectivity index (χ2n) is 5.89. The van der Waals surface area contributed by atoms with Crippen LogP contribution >= 0.6 is 12.2 Å². The number of benzene rings is 1. The zero-order chi connectivity index (χ0) is 19.1. The molecule has 0 atom stereocenters. The molecule has 0 fully saturated rings. The van der Waals surface area contributed by atoms with Crippen LogP contribution in [0.2, 0.25) is 0 Å². The van der Waals surface area contributed by atoms with Crippen LogP contribution in [-0.2, 0) is 16.1 Å². The largest absolute Gasteiger partial charge is 0.469 e. The van der Waals surface area contributed by atoms with Gasteiger partial charge in [-0.15, -0.1) is 0 Å². The minimum atomic E-state index is -0.230. The third kappa shape index (κ3) is 5.07. The third-order valence-electron chi connectivity index (χ3n) is 4.06. The maximum atomic E-state index is 11.2. The second kappa shape index (κ2) is 9.18. The van der Waals surface area contributed by atoms with Crippen LogP contribution in [0.4, 0.5) is 5.69 Å². The molecule has 8 heteroatoms. The van der Waals surface area contributed by atoms with Crippen molar-refractivity contribution in [2.75, 3.05) is 25.3 Å². The van der Waals surface area contributed by atoms with Crippen molar-refractivity contribution in [3.05, 3.63) is 48.3 Å². The summed E-state index contributed by atoms with van der Waals surface area (Å²) in [6.45, 7) is 1.37. The van der Waals surface area contributed by atoms with Crippen LogP contribution in [0.5, 0.6) is 11.5 Å². The number of thiocarbonyl (C=S) groups is 1. The number of fused-ring (bicyclic) bond motifs is 1. The zero-order valence-corrected chi connectivity index (χ0v) is 15.8. The van der Waals surface area contributed by atoms with Crippen LogP contribution in [0.25, 0.3) is 0 Å². The first-order valence-corrected chi connectivity index (χ1v) is 8.99. The van der Waals surface area contributed by atoms with E-state index in [1.54, 1.807) is 12.4 Å². The van der Waals surface area contributed by atoms with Crippen molar-refractivity contribution in [3.63, 3.8) is 0 Å². The number of pyridine rings is 1. The first-order chi connectivity index (χ1) is 13.2. The Morgan fingerprint density at radius 1 is 1.26 bits per heavy atom. The van der Waals surface area contributed by atoms with E-state index in [1.165, 1.54) is 7.11 Å². The second-order valence-corrected chi connectivity index (χ2v) is 6.28. The molecule has 1 aromatic heterocycles. The molecule has 1 aliphatic rings. The smallest absolute Gasteiger partial charge is 0.305 e. The predicted octanol–water partition coefficient (Wildman–Crippen LogP) is 2.64. The van der Waals surface area contributed by atoms with E-state index in [-0.39, 0.29) is 12.8 Å². The molecule has 1 aliphatic heterocycles. The van der Waals surface area contributed by atoms with E-state index in [4.69, 9.17) is 21.7 Å². The maximum Gasteiger partial charge on any atom is 0.305 e. The van der Waals surface area contributed by atoms with Gasteiger partial charge in [-0.1, -0.05) is 0 Å². The molecule has 0 amide bonds. The van der Waals surface area contributed by atoms with Gasteiger partial charge in [0.1, 0.15) is 0 Å². The molecule has 0 saturated carbocycles. The van der Waals surface area contributed by atoms with Crippen LogP contribution < -0.4 is 19.7 Å². The summed E-state index contributed by atoms with van der Waals surface area (Å²) in [6, 6.07) is 9.61. The van der Waals surface area contributed by atoms with Crippen LogP contribution in [0.15, 0.2) is 42.7 Å². The molecule has 0 unspecified atom stereocenters. The van der Waals surface area contributed by atoms with Crippen molar-refractivity contribution >= 4 is 29.0 Å². The normalized spacial score (nSPS) is 11.7. The molecule has 3 rings (SSSR count). The van der Waals surface area contributed by atoms with Gasteiger partial charge in [-0.25, -0.2) is 0 Å². The van der Waals surface area contributed by atoms with E-state index in [0.29, 0.717) is 36.8 Å². The molecule has 1 aromatic carbocycles. The summed E-state index contributed by atoms with van der Waals surface area (Å²) >= 11 is 5.60. The molecule has 0 aliphatic carbocycles. The SMILES string of the molecule is COC(=O)CCCNC(=S)N(Cc1ccncc1)c1ccc2c(c1)OCO2. The number of anilines is 1. The highest BCUT2D eigenvalue weighted by Gasteiger charge is 2.18. The number of esters is 1. The summed E-state index contributed by atoms with van der Waals surface area (Å²) in [4.78, 5) is 17.3. The Labute approximate surface area is 163 Å². The molecule has 27 heavy (non-hydrogen) atoms. The molecule has 1 N–H and O–H groups in total. The number of hydrogen-bond acceptors (Lipinski definition) is 6. The molecule has 0 radical (unpaired) electrons. The number of hydrogen-bond donors (Lipinski definition) is 1. The van der Waals surface area contributed by atoms with Crippen molar-refractivity contribution in [3.8, 4) is 11.5 Å². The fourth-order valence-corrected chi connectivity index (χ4v) is 2.90. The Hall–Kier alpha value is -2.87. The minimum absolute atomic E-state index is 0.222. The number of methoxy groups -OCH3 is 1. The summed E-state index contributed by atoms with van der Waals surface area (Å²) in [5.74, 6) is 1.19. The molecular weight excluding hydrogens is 366 g/mol. The summed E-state index contributed by atoms with van der Waals surface area (Å²) in [5, 5.41) is 3.78. The number of nitrogens with zero attached hydrogens (tertiary/aromatic N) is 2. The number of carbonyl (C=O) groups excluding carboxylic acids is 1.